The third-order valence-corrected chi connectivity index (χ3v) is 9.06. The average Bonchev–Trinajstić information content (AvgIpc) is 3.28. The Labute approximate surface area is 236 Å². The SMILES string of the molecule is CCC(C(=O)O)n1c2c(c3cc(F)ccc31)CC(N(CC1CCCCC1)C(=O)CCc1ccccc1OC)CC2. The van der Waals surface area contributed by atoms with Crippen LogP contribution in [0.15, 0.2) is 42.5 Å². The summed E-state index contributed by atoms with van der Waals surface area (Å²) in [5.74, 6) is 0.247. The summed E-state index contributed by atoms with van der Waals surface area (Å²) >= 11 is 0. The van der Waals surface area contributed by atoms with E-state index >= 15 is 0 Å². The topological polar surface area (TPSA) is 71.8 Å². The number of methoxy groups -OCH3 is 1. The summed E-state index contributed by atoms with van der Waals surface area (Å²) in [5, 5.41) is 10.8. The molecule has 1 heterocycles. The van der Waals surface area contributed by atoms with Crippen molar-refractivity contribution < 1.29 is 23.8 Å². The van der Waals surface area contributed by atoms with Crippen LogP contribution in [0, 0.1) is 11.7 Å². The molecule has 0 aliphatic heterocycles. The number of nitrogens with zero attached hydrogens (tertiary/aromatic N) is 2. The Morgan fingerprint density at radius 3 is 2.62 bits per heavy atom. The fourth-order valence-electron chi connectivity index (χ4n) is 7.03. The molecule has 0 bridgehead atoms. The van der Waals surface area contributed by atoms with Gasteiger partial charge in [-0.25, -0.2) is 9.18 Å². The molecule has 3 aromatic rings. The fourth-order valence-corrected chi connectivity index (χ4v) is 7.03. The van der Waals surface area contributed by atoms with Gasteiger partial charge in [-0.3, -0.25) is 4.79 Å². The summed E-state index contributed by atoms with van der Waals surface area (Å²) in [6.45, 7) is 2.63. The number of halogens is 1. The van der Waals surface area contributed by atoms with Crippen LogP contribution in [0.5, 0.6) is 5.75 Å². The van der Waals surface area contributed by atoms with Crippen molar-refractivity contribution in [2.75, 3.05) is 13.7 Å². The highest BCUT2D eigenvalue weighted by Crippen LogP contribution is 2.38. The lowest BCUT2D eigenvalue weighted by molar-refractivity contribution is -0.141. The van der Waals surface area contributed by atoms with Crippen LogP contribution in [0.1, 0.15) is 81.2 Å². The Morgan fingerprint density at radius 2 is 1.90 bits per heavy atom. The lowest BCUT2D eigenvalue weighted by Crippen LogP contribution is -2.46. The van der Waals surface area contributed by atoms with E-state index in [1.807, 2.05) is 35.8 Å². The van der Waals surface area contributed by atoms with Crippen LogP contribution in [0.3, 0.4) is 0 Å². The molecule has 40 heavy (non-hydrogen) atoms. The van der Waals surface area contributed by atoms with E-state index in [1.165, 1.54) is 31.4 Å². The zero-order valence-electron chi connectivity index (χ0n) is 23.7. The molecule has 214 valence electrons. The van der Waals surface area contributed by atoms with E-state index in [2.05, 4.69) is 4.90 Å². The number of ether oxygens (including phenoxy) is 1. The number of para-hydroxylation sites is 1. The number of amides is 1. The summed E-state index contributed by atoms with van der Waals surface area (Å²) in [5.41, 5.74) is 3.77. The number of carboxylic acid groups (broad SMARTS) is 1. The van der Waals surface area contributed by atoms with E-state index < -0.39 is 12.0 Å². The second-order valence-electron chi connectivity index (χ2n) is 11.5. The number of aromatic nitrogens is 1. The molecule has 1 aromatic heterocycles. The number of aliphatic carboxylic acids is 1. The standard InChI is InChI=1S/C33H41FN2O4/c1-3-28(33(38)39)36-29-16-14-24(34)19-26(29)27-20-25(15-17-30(27)36)35(21-22-9-5-4-6-10-22)32(37)18-13-23-11-7-8-12-31(23)40-2/h7-8,11-12,14,16,19,22,25,28H,3-6,9-10,13,15,17-18,20-21H2,1-2H3,(H,38,39). The highest BCUT2D eigenvalue weighted by molar-refractivity contribution is 5.88. The van der Waals surface area contributed by atoms with Crippen LogP contribution in [0.2, 0.25) is 0 Å². The van der Waals surface area contributed by atoms with Crippen molar-refractivity contribution in [2.24, 2.45) is 5.92 Å². The van der Waals surface area contributed by atoms with Gasteiger partial charge in [-0.15, -0.1) is 0 Å². The van der Waals surface area contributed by atoms with Crippen LogP contribution in [0.4, 0.5) is 4.39 Å². The van der Waals surface area contributed by atoms with E-state index in [-0.39, 0.29) is 17.8 Å². The Hall–Kier alpha value is -3.35. The monoisotopic (exact) mass is 548 g/mol. The van der Waals surface area contributed by atoms with Crippen molar-refractivity contribution in [2.45, 2.75) is 89.6 Å². The molecule has 1 amide bonds. The molecule has 7 heteroatoms. The normalized spacial score (nSPS) is 18.3. The minimum absolute atomic E-state index is 0.00631. The molecule has 6 nitrogen and oxygen atoms in total. The summed E-state index contributed by atoms with van der Waals surface area (Å²) in [7, 11) is 1.66. The quantitative estimate of drug-likeness (QED) is 0.305. The van der Waals surface area contributed by atoms with Gasteiger partial charge in [0.1, 0.15) is 17.6 Å². The third-order valence-electron chi connectivity index (χ3n) is 9.06. The van der Waals surface area contributed by atoms with E-state index in [4.69, 9.17) is 4.74 Å². The molecular formula is C33H41FN2O4. The Bertz CT molecular complexity index is 1360. The van der Waals surface area contributed by atoms with Gasteiger partial charge in [0.15, 0.2) is 0 Å². The molecule has 2 aliphatic carbocycles. The predicted molar refractivity (Wildman–Crippen MR) is 154 cm³/mol. The largest absolute Gasteiger partial charge is 0.496 e. The van der Waals surface area contributed by atoms with Crippen molar-refractivity contribution >= 4 is 22.8 Å². The maximum atomic E-state index is 14.5. The molecular weight excluding hydrogens is 507 g/mol. The molecule has 2 aliphatic rings. The number of rotatable bonds is 10. The number of fused-ring (bicyclic) bond motifs is 3. The first-order valence-electron chi connectivity index (χ1n) is 14.9. The lowest BCUT2D eigenvalue weighted by Gasteiger charge is -2.38. The second-order valence-corrected chi connectivity index (χ2v) is 11.5. The van der Waals surface area contributed by atoms with Crippen molar-refractivity contribution in [3.8, 4) is 5.75 Å². The summed E-state index contributed by atoms with van der Waals surface area (Å²) in [6.07, 6.45) is 9.51. The summed E-state index contributed by atoms with van der Waals surface area (Å²) in [4.78, 5) is 28.2. The van der Waals surface area contributed by atoms with Crippen molar-refractivity contribution in [3.05, 3.63) is 65.1 Å². The fraction of sp³-hybridized carbons (Fsp3) is 0.515. The smallest absolute Gasteiger partial charge is 0.326 e. The molecule has 0 spiro atoms. The molecule has 0 saturated heterocycles. The maximum Gasteiger partial charge on any atom is 0.326 e. The minimum atomic E-state index is -0.876. The van der Waals surface area contributed by atoms with E-state index in [0.717, 1.165) is 59.3 Å². The first-order chi connectivity index (χ1) is 19.4. The van der Waals surface area contributed by atoms with Gasteiger partial charge in [-0.2, -0.15) is 0 Å². The predicted octanol–water partition coefficient (Wildman–Crippen LogP) is 6.72. The Balaban J connectivity index is 1.45. The molecule has 2 aromatic carbocycles. The van der Waals surface area contributed by atoms with Crippen molar-refractivity contribution in [1.82, 2.24) is 9.47 Å². The second kappa shape index (κ2) is 12.4. The number of benzene rings is 2. The minimum Gasteiger partial charge on any atom is -0.496 e. The van der Waals surface area contributed by atoms with Crippen LogP contribution >= 0.6 is 0 Å². The maximum absolute atomic E-state index is 14.5. The van der Waals surface area contributed by atoms with Crippen molar-refractivity contribution in [1.29, 1.82) is 0 Å². The van der Waals surface area contributed by atoms with E-state index in [9.17, 15) is 19.1 Å². The van der Waals surface area contributed by atoms with E-state index in [0.29, 0.717) is 38.0 Å². The molecule has 0 radical (unpaired) electrons. The van der Waals surface area contributed by atoms with Gasteiger partial charge >= 0.3 is 5.97 Å². The van der Waals surface area contributed by atoms with Gasteiger partial charge in [0.25, 0.3) is 0 Å². The van der Waals surface area contributed by atoms with Crippen molar-refractivity contribution in [3.63, 3.8) is 0 Å². The van der Waals surface area contributed by atoms with Crippen LogP contribution in [0.25, 0.3) is 10.9 Å². The van der Waals surface area contributed by atoms with Gasteiger partial charge in [0, 0.05) is 35.6 Å². The molecule has 2 atom stereocenters. The molecule has 5 rings (SSSR count). The molecule has 2 unspecified atom stereocenters. The highest BCUT2D eigenvalue weighted by Gasteiger charge is 2.35. The first kappa shape index (κ1) is 28.2. The number of carbonyl (C=O) groups is 2. The third kappa shape index (κ3) is 5.74. The first-order valence-corrected chi connectivity index (χ1v) is 14.9. The summed E-state index contributed by atoms with van der Waals surface area (Å²) in [6, 6.07) is 11.8. The van der Waals surface area contributed by atoms with Gasteiger partial charge in [0.05, 0.1) is 7.11 Å². The highest BCUT2D eigenvalue weighted by atomic mass is 19.1. The molecule has 1 fully saturated rings. The molecule has 1 N–H and O–H groups in total. The van der Waals surface area contributed by atoms with Gasteiger partial charge < -0.3 is 19.3 Å². The van der Waals surface area contributed by atoms with Gasteiger partial charge in [-0.05, 0) is 86.3 Å². The van der Waals surface area contributed by atoms with Crippen LogP contribution < -0.4 is 4.74 Å². The average molecular weight is 549 g/mol. The van der Waals surface area contributed by atoms with Crippen LogP contribution in [-0.2, 0) is 28.9 Å². The Morgan fingerprint density at radius 1 is 1.12 bits per heavy atom. The molecule has 1 saturated carbocycles. The lowest BCUT2D eigenvalue weighted by atomic mass is 9.86. The van der Waals surface area contributed by atoms with Gasteiger partial charge in [0.2, 0.25) is 5.91 Å². The number of aryl methyl sites for hydroxylation is 1. The Kier molecular flexibility index (Phi) is 8.77. The number of carboxylic acids is 1. The zero-order valence-corrected chi connectivity index (χ0v) is 23.7. The summed E-state index contributed by atoms with van der Waals surface area (Å²) < 4.78 is 21.9. The van der Waals surface area contributed by atoms with E-state index in [1.54, 1.807) is 13.2 Å². The number of hydrogen-bond donors (Lipinski definition) is 1. The number of carbonyl (C=O) groups excluding carboxylic acids is 1. The number of hydrogen-bond acceptors (Lipinski definition) is 3. The zero-order chi connectivity index (χ0) is 28.2. The van der Waals surface area contributed by atoms with Gasteiger partial charge in [-0.1, -0.05) is 44.4 Å². The van der Waals surface area contributed by atoms with Crippen LogP contribution in [-0.4, -0.2) is 46.1 Å².